The van der Waals surface area contributed by atoms with Crippen molar-refractivity contribution in [1.29, 1.82) is 0 Å². The molecule has 7 nitrogen and oxygen atoms in total. The molecule has 0 saturated carbocycles. The Morgan fingerprint density at radius 1 is 0.964 bits per heavy atom. The first kappa shape index (κ1) is 17.7. The van der Waals surface area contributed by atoms with Crippen molar-refractivity contribution in [3.63, 3.8) is 0 Å². The average molecular weight is 375 g/mol. The lowest BCUT2D eigenvalue weighted by Gasteiger charge is -2.14. The van der Waals surface area contributed by atoms with Crippen LogP contribution in [0.15, 0.2) is 60.9 Å². The highest BCUT2D eigenvalue weighted by Crippen LogP contribution is 2.44. The van der Waals surface area contributed by atoms with Gasteiger partial charge in [-0.2, -0.15) is 0 Å². The van der Waals surface area contributed by atoms with Gasteiger partial charge in [-0.1, -0.05) is 48.5 Å². The zero-order valence-electron chi connectivity index (χ0n) is 14.8. The molecule has 0 fully saturated rings. The van der Waals surface area contributed by atoms with Crippen LogP contribution in [0.3, 0.4) is 0 Å². The number of nitrogens with one attached hydrogen (secondary N) is 1. The van der Waals surface area contributed by atoms with E-state index in [1.54, 1.807) is 0 Å². The highest BCUT2D eigenvalue weighted by atomic mass is 16.5. The minimum absolute atomic E-state index is 0.00667. The maximum Gasteiger partial charge on any atom is 0.407 e. The SMILES string of the molecule is O=C(NCc1cnc(C(=O)O)cn1)OCC1c2ccccc2-c2ccccc21. The number of aromatic nitrogens is 2. The summed E-state index contributed by atoms with van der Waals surface area (Å²) in [4.78, 5) is 30.6. The van der Waals surface area contributed by atoms with E-state index in [1.807, 2.05) is 24.3 Å². The number of aromatic carboxylic acids is 1. The highest BCUT2D eigenvalue weighted by Gasteiger charge is 2.28. The molecule has 0 spiro atoms. The first-order chi connectivity index (χ1) is 13.6. The lowest BCUT2D eigenvalue weighted by Crippen LogP contribution is -2.26. The van der Waals surface area contributed by atoms with Crippen LogP contribution in [0.1, 0.15) is 33.2 Å². The average Bonchev–Trinajstić information content (AvgIpc) is 3.05. The Kier molecular flexibility index (Phi) is 4.72. The van der Waals surface area contributed by atoms with Gasteiger partial charge >= 0.3 is 12.1 Å². The van der Waals surface area contributed by atoms with Gasteiger partial charge in [0.05, 0.1) is 24.6 Å². The summed E-state index contributed by atoms with van der Waals surface area (Å²) in [7, 11) is 0. The van der Waals surface area contributed by atoms with Gasteiger partial charge in [-0.25, -0.2) is 14.6 Å². The number of fused-ring (bicyclic) bond motifs is 3. The summed E-state index contributed by atoms with van der Waals surface area (Å²) in [6.07, 6.45) is 1.90. The van der Waals surface area contributed by atoms with Crippen molar-refractivity contribution in [1.82, 2.24) is 15.3 Å². The first-order valence-electron chi connectivity index (χ1n) is 8.76. The van der Waals surface area contributed by atoms with Crippen LogP contribution in [0.4, 0.5) is 4.79 Å². The predicted octanol–water partition coefficient (Wildman–Crippen LogP) is 3.21. The van der Waals surface area contributed by atoms with Crippen LogP contribution in [0.25, 0.3) is 11.1 Å². The molecule has 1 amide bonds. The van der Waals surface area contributed by atoms with Crippen LogP contribution in [0, 0.1) is 0 Å². The summed E-state index contributed by atoms with van der Waals surface area (Å²) in [5.74, 6) is -1.16. The van der Waals surface area contributed by atoms with Crippen LogP contribution in [0.5, 0.6) is 0 Å². The smallest absolute Gasteiger partial charge is 0.407 e. The molecule has 0 bridgehead atoms. The van der Waals surface area contributed by atoms with Crippen molar-refractivity contribution in [3.8, 4) is 11.1 Å². The lowest BCUT2D eigenvalue weighted by molar-refractivity contribution is 0.0689. The van der Waals surface area contributed by atoms with Gasteiger partial charge in [0.1, 0.15) is 6.61 Å². The van der Waals surface area contributed by atoms with Crippen LogP contribution in [0.2, 0.25) is 0 Å². The number of hydrogen-bond donors (Lipinski definition) is 2. The number of carbonyl (C=O) groups is 2. The molecule has 1 aliphatic carbocycles. The van der Waals surface area contributed by atoms with Crippen LogP contribution in [-0.2, 0) is 11.3 Å². The lowest BCUT2D eigenvalue weighted by atomic mass is 9.98. The number of carbonyl (C=O) groups excluding carboxylic acids is 1. The molecule has 0 aliphatic heterocycles. The number of alkyl carbamates (subject to hydrolysis) is 1. The molecule has 3 aromatic rings. The third-order valence-electron chi connectivity index (χ3n) is 4.68. The molecule has 1 aromatic heterocycles. The number of nitrogens with zero attached hydrogens (tertiary/aromatic N) is 2. The van der Waals surface area contributed by atoms with Crippen molar-refractivity contribution < 1.29 is 19.4 Å². The zero-order chi connectivity index (χ0) is 19.5. The normalized spacial score (nSPS) is 12.1. The van der Waals surface area contributed by atoms with Crippen molar-refractivity contribution in [2.24, 2.45) is 0 Å². The summed E-state index contributed by atoms with van der Waals surface area (Å²) in [5.41, 5.74) is 4.92. The number of ether oxygens (including phenoxy) is 1. The molecule has 0 unspecified atom stereocenters. The van der Waals surface area contributed by atoms with E-state index in [-0.39, 0.29) is 24.8 Å². The van der Waals surface area contributed by atoms with E-state index in [2.05, 4.69) is 39.6 Å². The fraction of sp³-hybridized carbons (Fsp3) is 0.143. The quantitative estimate of drug-likeness (QED) is 0.710. The van der Waals surface area contributed by atoms with Gasteiger partial charge < -0.3 is 15.2 Å². The number of hydrogen-bond acceptors (Lipinski definition) is 5. The summed E-state index contributed by atoms with van der Waals surface area (Å²) in [6.45, 7) is 0.326. The van der Waals surface area contributed by atoms with Crippen LogP contribution in [-0.4, -0.2) is 33.7 Å². The maximum atomic E-state index is 12.1. The largest absolute Gasteiger partial charge is 0.476 e. The summed E-state index contributed by atoms with van der Waals surface area (Å²) >= 11 is 0. The molecule has 2 N–H and O–H groups in total. The molecule has 28 heavy (non-hydrogen) atoms. The number of carboxylic acid groups (broad SMARTS) is 1. The summed E-state index contributed by atoms with van der Waals surface area (Å²) < 4.78 is 5.43. The van der Waals surface area contributed by atoms with Crippen molar-refractivity contribution in [2.75, 3.05) is 6.61 Å². The second-order valence-corrected chi connectivity index (χ2v) is 6.38. The minimum Gasteiger partial charge on any atom is -0.476 e. The standard InChI is InChI=1S/C21H17N3O4/c25-20(26)19-11-22-13(9-23-19)10-24-21(27)28-12-18-16-7-3-1-5-14(16)15-6-2-4-8-17(15)18/h1-9,11,18H,10,12H2,(H,24,27)(H,25,26). The second-order valence-electron chi connectivity index (χ2n) is 6.38. The van der Waals surface area contributed by atoms with E-state index in [0.717, 1.165) is 17.3 Å². The monoisotopic (exact) mass is 375 g/mol. The number of carboxylic acids is 1. The summed E-state index contributed by atoms with van der Waals surface area (Å²) in [6, 6.07) is 16.2. The van der Waals surface area contributed by atoms with Gasteiger partial charge in [-0.05, 0) is 22.3 Å². The molecule has 140 valence electrons. The maximum absolute atomic E-state index is 12.1. The molecule has 4 rings (SSSR count). The van der Waals surface area contributed by atoms with Gasteiger partial charge in [-0.15, -0.1) is 0 Å². The van der Waals surface area contributed by atoms with Crippen molar-refractivity contribution in [3.05, 3.63) is 83.4 Å². The van der Waals surface area contributed by atoms with Crippen LogP contribution < -0.4 is 5.32 Å². The third-order valence-corrected chi connectivity index (χ3v) is 4.68. The summed E-state index contributed by atoms with van der Waals surface area (Å²) in [5, 5.41) is 11.4. The Hall–Kier alpha value is -3.74. The minimum atomic E-state index is -1.15. The molecular weight excluding hydrogens is 358 g/mol. The zero-order valence-corrected chi connectivity index (χ0v) is 14.8. The second kappa shape index (κ2) is 7.48. The molecule has 7 heteroatoms. The molecule has 0 saturated heterocycles. The highest BCUT2D eigenvalue weighted by molar-refractivity contribution is 5.84. The predicted molar refractivity (Wildman–Crippen MR) is 101 cm³/mol. The first-order valence-corrected chi connectivity index (χ1v) is 8.76. The fourth-order valence-corrected chi connectivity index (χ4v) is 3.37. The number of amides is 1. The van der Waals surface area contributed by atoms with E-state index in [4.69, 9.17) is 9.84 Å². The van der Waals surface area contributed by atoms with Gasteiger partial charge in [0.25, 0.3) is 0 Å². The molecule has 1 aliphatic rings. The molecule has 0 atom stereocenters. The Labute approximate surface area is 161 Å². The van der Waals surface area contributed by atoms with Crippen molar-refractivity contribution in [2.45, 2.75) is 12.5 Å². The van der Waals surface area contributed by atoms with E-state index in [0.29, 0.717) is 5.69 Å². The Balaban J connectivity index is 1.38. The topological polar surface area (TPSA) is 101 Å². The van der Waals surface area contributed by atoms with E-state index in [9.17, 15) is 9.59 Å². The number of rotatable bonds is 5. The van der Waals surface area contributed by atoms with Crippen LogP contribution >= 0.6 is 0 Å². The van der Waals surface area contributed by atoms with E-state index < -0.39 is 12.1 Å². The molecule has 0 radical (unpaired) electrons. The van der Waals surface area contributed by atoms with E-state index >= 15 is 0 Å². The van der Waals surface area contributed by atoms with Crippen molar-refractivity contribution >= 4 is 12.1 Å². The molecule has 2 aromatic carbocycles. The van der Waals surface area contributed by atoms with Gasteiger partial charge in [0.2, 0.25) is 0 Å². The Bertz CT molecular complexity index is 988. The third kappa shape index (κ3) is 3.42. The molecular formula is C21H17N3O4. The van der Waals surface area contributed by atoms with Gasteiger partial charge in [0, 0.05) is 5.92 Å². The molecule has 1 heterocycles. The fourth-order valence-electron chi connectivity index (χ4n) is 3.37. The Morgan fingerprint density at radius 3 is 2.18 bits per heavy atom. The van der Waals surface area contributed by atoms with Gasteiger partial charge in [0.15, 0.2) is 5.69 Å². The van der Waals surface area contributed by atoms with Gasteiger partial charge in [-0.3, -0.25) is 4.98 Å². The number of benzene rings is 2. The van der Waals surface area contributed by atoms with E-state index in [1.165, 1.54) is 17.3 Å². The Morgan fingerprint density at radius 2 is 1.61 bits per heavy atom.